The van der Waals surface area contributed by atoms with Gasteiger partial charge in [0.1, 0.15) is 5.15 Å². The zero-order valence-electron chi connectivity index (χ0n) is 14.5. The lowest BCUT2D eigenvalue weighted by atomic mass is 10.0. The van der Waals surface area contributed by atoms with Crippen molar-refractivity contribution in [1.82, 2.24) is 25.3 Å². The molecule has 3 heterocycles. The van der Waals surface area contributed by atoms with E-state index in [1.807, 2.05) is 19.2 Å². The summed E-state index contributed by atoms with van der Waals surface area (Å²) < 4.78 is 1.76. The Hall–Kier alpha value is -1.66. The van der Waals surface area contributed by atoms with Crippen molar-refractivity contribution in [3.8, 4) is 0 Å². The van der Waals surface area contributed by atoms with Gasteiger partial charge in [0, 0.05) is 44.5 Å². The van der Waals surface area contributed by atoms with Crippen LogP contribution in [-0.4, -0.2) is 39.1 Å². The van der Waals surface area contributed by atoms with Gasteiger partial charge in [0.2, 0.25) is 0 Å². The maximum atomic E-state index is 6.43. The van der Waals surface area contributed by atoms with E-state index in [9.17, 15) is 0 Å². The highest BCUT2D eigenvalue weighted by atomic mass is 35.5. The normalized spacial score (nSPS) is 18.4. The molecule has 1 N–H and O–H groups in total. The minimum atomic E-state index is 0.364. The Kier molecular flexibility index (Phi) is 5.36. The molecule has 0 radical (unpaired) electrons. The Balaban J connectivity index is 1.65. The first-order valence-electron chi connectivity index (χ1n) is 8.53. The summed E-state index contributed by atoms with van der Waals surface area (Å²) in [7, 11) is 1.90. The number of halogens is 1. The fourth-order valence-corrected chi connectivity index (χ4v) is 3.46. The highest BCUT2D eigenvalue weighted by Crippen LogP contribution is 2.25. The number of aryl methyl sites for hydroxylation is 1. The van der Waals surface area contributed by atoms with Crippen LogP contribution in [0.15, 0.2) is 18.3 Å². The summed E-state index contributed by atoms with van der Waals surface area (Å²) >= 11 is 6.43. The second kappa shape index (κ2) is 7.49. The van der Waals surface area contributed by atoms with Gasteiger partial charge in [0.15, 0.2) is 5.82 Å². The van der Waals surface area contributed by atoms with Gasteiger partial charge < -0.3 is 10.2 Å². The lowest BCUT2D eigenvalue weighted by Crippen LogP contribution is -2.45. The molecule has 3 rings (SSSR count). The number of nitrogens with zero attached hydrogens (tertiary/aromatic N) is 5. The number of nitrogens with one attached hydrogen (secondary N) is 1. The number of rotatable bonds is 5. The molecular formula is C17H25ClN6. The third-order valence-corrected chi connectivity index (χ3v) is 4.99. The highest BCUT2D eigenvalue weighted by molar-refractivity contribution is 6.30. The van der Waals surface area contributed by atoms with Gasteiger partial charge >= 0.3 is 0 Å². The fraction of sp³-hybridized carbons (Fsp3) is 0.588. The number of aromatic nitrogens is 4. The van der Waals surface area contributed by atoms with Crippen molar-refractivity contribution in [1.29, 1.82) is 0 Å². The summed E-state index contributed by atoms with van der Waals surface area (Å²) in [5.74, 6) is 1.31. The largest absolute Gasteiger partial charge is 0.354 e. The lowest BCUT2D eigenvalue weighted by Gasteiger charge is -2.33. The van der Waals surface area contributed by atoms with Crippen LogP contribution in [0.25, 0.3) is 0 Å². The number of piperidine rings is 1. The van der Waals surface area contributed by atoms with Crippen LogP contribution in [-0.2, 0) is 13.6 Å². The molecule has 0 aliphatic carbocycles. The van der Waals surface area contributed by atoms with Crippen LogP contribution in [0.1, 0.15) is 43.9 Å². The van der Waals surface area contributed by atoms with Crippen molar-refractivity contribution in [2.24, 2.45) is 7.05 Å². The molecule has 0 unspecified atom stereocenters. The van der Waals surface area contributed by atoms with Gasteiger partial charge in [-0.3, -0.25) is 4.68 Å². The Morgan fingerprint density at radius 3 is 2.96 bits per heavy atom. The van der Waals surface area contributed by atoms with Crippen LogP contribution < -0.4 is 10.2 Å². The third-order valence-electron chi connectivity index (χ3n) is 4.52. The fourth-order valence-electron chi connectivity index (χ4n) is 3.25. The highest BCUT2D eigenvalue weighted by Gasteiger charge is 2.23. The van der Waals surface area contributed by atoms with Crippen molar-refractivity contribution in [3.63, 3.8) is 0 Å². The van der Waals surface area contributed by atoms with Crippen molar-refractivity contribution in [2.45, 2.75) is 45.2 Å². The molecule has 1 saturated heterocycles. The molecule has 0 spiro atoms. The van der Waals surface area contributed by atoms with E-state index in [-0.39, 0.29) is 0 Å². The van der Waals surface area contributed by atoms with E-state index in [0.717, 1.165) is 54.7 Å². The van der Waals surface area contributed by atoms with Crippen molar-refractivity contribution >= 4 is 17.4 Å². The predicted molar refractivity (Wildman–Crippen MR) is 96.4 cm³/mol. The summed E-state index contributed by atoms with van der Waals surface area (Å²) in [5, 5.41) is 17.1. The van der Waals surface area contributed by atoms with Gasteiger partial charge in [-0.15, -0.1) is 5.10 Å². The minimum Gasteiger partial charge on any atom is -0.354 e. The Morgan fingerprint density at radius 2 is 2.25 bits per heavy atom. The van der Waals surface area contributed by atoms with Crippen molar-refractivity contribution in [2.75, 3.05) is 18.0 Å². The molecule has 0 bridgehead atoms. The van der Waals surface area contributed by atoms with E-state index >= 15 is 0 Å². The van der Waals surface area contributed by atoms with E-state index in [1.54, 1.807) is 10.9 Å². The maximum absolute atomic E-state index is 6.43. The third kappa shape index (κ3) is 3.70. The number of hydrogen-bond donors (Lipinski definition) is 1. The van der Waals surface area contributed by atoms with Crippen LogP contribution in [0, 0.1) is 0 Å². The second-order valence-corrected chi connectivity index (χ2v) is 7.04. The first-order valence-corrected chi connectivity index (χ1v) is 8.91. The quantitative estimate of drug-likeness (QED) is 0.900. The topological polar surface area (TPSA) is 58.9 Å². The van der Waals surface area contributed by atoms with E-state index < -0.39 is 0 Å². The van der Waals surface area contributed by atoms with E-state index in [2.05, 4.69) is 39.4 Å². The number of anilines is 1. The lowest BCUT2D eigenvalue weighted by molar-refractivity contribution is 0.418. The van der Waals surface area contributed by atoms with E-state index in [0.29, 0.717) is 12.0 Å². The summed E-state index contributed by atoms with van der Waals surface area (Å²) in [6, 6.07) is 4.37. The van der Waals surface area contributed by atoms with Gasteiger partial charge in [-0.1, -0.05) is 25.4 Å². The molecule has 1 fully saturated rings. The molecule has 1 atom stereocenters. The molecule has 1 aliphatic rings. The molecule has 7 heteroatoms. The molecular weight excluding hydrogens is 324 g/mol. The summed E-state index contributed by atoms with van der Waals surface area (Å²) in [5.41, 5.74) is 2.20. The zero-order chi connectivity index (χ0) is 17.1. The molecule has 24 heavy (non-hydrogen) atoms. The molecule has 1 aliphatic heterocycles. The van der Waals surface area contributed by atoms with Gasteiger partial charge in [-0.2, -0.15) is 10.2 Å². The zero-order valence-corrected chi connectivity index (χ0v) is 15.3. The van der Waals surface area contributed by atoms with E-state index in [4.69, 9.17) is 11.6 Å². The molecule has 0 aromatic carbocycles. The maximum Gasteiger partial charge on any atom is 0.151 e. The van der Waals surface area contributed by atoms with Gasteiger partial charge in [0.05, 0.1) is 5.69 Å². The first kappa shape index (κ1) is 17.2. The summed E-state index contributed by atoms with van der Waals surface area (Å²) in [6.07, 6.45) is 4.01. The van der Waals surface area contributed by atoms with Crippen LogP contribution in [0.4, 0.5) is 5.82 Å². The van der Waals surface area contributed by atoms with Gasteiger partial charge in [0.25, 0.3) is 0 Å². The molecule has 6 nitrogen and oxygen atoms in total. The predicted octanol–water partition coefficient (Wildman–Crippen LogP) is 2.75. The van der Waals surface area contributed by atoms with Crippen LogP contribution in [0.5, 0.6) is 0 Å². The average Bonchev–Trinajstić information content (AvgIpc) is 2.89. The van der Waals surface area contributed by atoms with Gasteiger partial charge in [-0.25, -0.2) is 0 Å². The Morgan fingerprint density at radius 1 is 1.42 bits per heavy atom. The number of hydrogen-bond acceptors (Lipinski definition) is 5. The monoisotopic (exact) mass is 348 g/mol. The molecule has 2 aromatic heterocycles. The Bertz CT molecular complexity index is 669. The van der Waals surface area contributed by atoms with Crippen molar-refractivity contribution in [3.05, 3.63) is 34.7 Å². The van der Waals surface area contributed by atoms with Gasteiger partial charge in [-0.05, 0) is 30.9 Å². The summed E-state index contributed by atoms with van der Waals surface area (Å²) in [4.78, 5) is 2.29. The second-order valence-electron chi connectivity index (χ2n) is 6.68. The first-order chi connectivity index (χ1) is 11.6. The Labute approximate surface area is 148 Å². The SMILES string of the molecule is CC(C)c1nn(C)c(Cl)c1CN[C@@H]1CCCN(c2cccnn2)C1. The average molecular weight is 349 g/mol. The molecule has 130 valence electrons. The van der Waals surface area contributed by atoms with E-state index in [1.165, 1.54) is 0 Å². The summed E-state index contributed by atoms with van der Waals surface area (Å²) in [6.45, 7) is 7.02. The van der Waals surface area contributed by atoms with Crippen LogP contribution in [0.2, 0.25) is 5.15 Å². The minimum absolute atomic E-state index is 0.364. The standard InChI is InChI=1S/C17H25ClN6/c1-12(2)16-14(17(18)23(3)22-16)10-19-13-6-5-9-24(11-13)15-7-4-8-20-21-15/h4,7-8,12-13,19H,5-6,9-11H2,1-3H3/t13-/m1/s1. The molecule has 2 aromatic rings. The van der Waals surface area contributed by atoms with Crippen LogP contribution >= 0.6 is 11.6 Å². The smallest absolute Gasteiger partial charge is 0.151 e. The molecule has 0 amide bonds. The molecule has 0 saturated carbocycles. The van der Waals surface area contributed by atoms with Crippen molar-refractivity contribution < 1.29 is 0 Å². The van der Waals surface area contributed by atoms with Crippen LogP contribution in [0.3, 0.4) is 0 Å².